The lowest BCUT2D eigenvalue weighted by Gasteiger charge is -2.30. The quantitative estimate of drug-likeness (QED) is 0.253. The molecule has 1 aromatic carbocycles. The highest BCUT2D eigenvalue weighted by Gasteiger charge is 2.20. The Balaban J connectivity index is 1.53. The van der Waals surface area contributed by atoms with Crippen molar-refractivity contribution >= 4 is 55.7 Å². The van der Waals surface area contributed by atoms with E-state index in [0.717, 1.165) is 16.9 Å². The highest BCUT2D eigenvalue weighted by Crippen LogP contribution is 2.27. The third kappa shape index (κ3) is 7.05. The van der Waals surface area contributed by atoms with Gasteiger partial charge in [-0.2, -0.15) is 9.97 Å². The number of hydrogen-bond acceptors (Lipinski definition) is 11. The normalized spacial score (nSPS) is 14.4. The van der Waals surface area contributed by atoms with Crippen LogP contribution in [0.25, 0.3) is 0 Å². The van der Waals surface area contributed by atoms with Crippen molar-refractivity contribution in [3.63, 3.8) is 0 Å². The fourth-order valence-corrected chi connectivity index (χ4v) is 5.16. The van der Waals surface area contributed by atoms with Crippen LogP contribution in [0.2, 0.25) is 0 Å². The first-order valence-corrected chi connectivity index (χ1v) is 14.2. The van der Waals surface area contributed by atoms with Gasteiger partial charge in [0, 0.05) is 31.4 Å². The molecule has 0 bridgehead atoms. The molecule has 0 amide bonds. The van der Waals surface area contributed by atoms with Crippen molar-refractivity contribution in [2.75, 3.05) is 39.1 Å². The summed E-state index contributed by atoms with van der Waals surface area (Å²) < 4.78 is 26.1. The van der Waals surface area contributed by atoms with Crippen LogP contribution in [-0.2, 0) is 16.6 Å². The van der Waals surface area contributed by atoms with Crippen LogP contribution < -0.4 is 20.3 Å². The third-order valence-corrected chi connectivity index (χ3v) is 8.16. The van der Waals surface area contributed by atoms with Gasteiger partial charge in [0.2, 0.25) is 16.0 Å². The minimum Gasteiger partial charge on any atom is -0.477 e. The number of benzene rings is 1. The van der Waals surface area contributed by atoms with E-state index in [-0.39, 0.29) is 22.7 Å². The maximum absolute atomic E-state index is 11.8. The number of aryl methyl sites for hydroxylation is 1. The molecule has 0 radical (unpaired) electrons. The summed E-state index contributed by atoms with van der Waals surface area (Å²) in [6.45, 7) is 4.92. The van der Waals surface area contributed by atoms with Crippen LogP contribution in [-0.4, -0.2) is 64.5 Å². The van der Waals surface area contributed by atoms with Gasteiger partial charge in [-0.25, -0.2) is 18.2 Å². The minimum atomic E-state index is -3.34. The monoisotopic (exact) mass is 547 g/mol. The molecule has 1 saturated heterocycles. The Labute approximate surface area is 218 Å². The standard InChI is InChI=1S/C23H29N7O5S2/c1-3-37(34,35)29-16-6-4-15(5-7-16)13-24-18-12-19(30-10-8-17(31)9-11-30)27-22(26-18)28-23-25-14(2)20(36-23)21(32)33/h4-7,12,17,29,31H,3,8-11,13H2,1-2H3,(H,32,33)(H2,24,25,26,27,28). The smallest absolute Gasteiger partial charge is 0.347 e. The van der Waals surface area contributed by atoms with Crippen molar-refractivity contribution in [1.82, 2.24) is 15.0 Å². The van der Waals surface area contributed by atoms with Gasteiger partial charge < -0.3 is 20.4 Å². The molecule has 4 rings (SSSR count). The van der Waals surface area contributed by atoms with Gasteiger partial charge in [-0.1, -0.05) is 23.5 Å². The summed E-state index contributed by atoms with van der Waals surface area (Å²) in [6.07, 6.45) is 0.944. The summed E-state index contributed by atoms with van der Waals surface area (Å²) in [5.74, 6) is 0.433. The highest BCUT2D eigenvalue weighted by molar-refractivity contribution is 7.92. The maximum Gasteiger partial charge on any atom is 0.347 e. The van der Waals surface area contributed by atoms with Crippen LogP contribution in [0, 0.1) is 6.92 Å². The third-order valence-electron chi connectivity index (χ3n) is 5.79. The molecule has 198 valence electrons. The molecule has 0 atom stereocenters. The van der Waals surface area contributed by atoms with Crippen molar-refractivity contribution < 1.29 is 23.4 Å². The highest BCUT2D eigenvalue weighted by atomic mass is 32.2. The number of nitrogens with one attached hydrogen (secondary N) is 3. The van der Waals surface area contributed by atoms with Crippen molar-refractivity contribution in [3.8, 4) is 0 Å². The molecule has 1 aliphatic rings. The summed E-state index contributed by atoms with van der Waals surface area (Å²) in [5, 5.41) is 25.9. The van der Waals surface area contributed by atoms with Crippen LogP contribution in [0.3, 0.4) is 0 Å². The SMILES string of the molecule is CCS(=O)(=O)Nc1ccc(CNc2cc(N3CCC(O)CC3)nc(Nc3nc(C)c(C(=O)O)s3)n2)cc1. The van der Waals surface area contributed by atoms with Gasteiger partial charge in [-0.15, -0.1) is 0 Å². The van der Waals surface area contributed by atoms with Gasteiger partial charge in [0.25, 0.3) is 0 Å². The molecule has 2 aromatic heterocycles. The number of carboxylic acid groups (broad SMARTS) is 1. The number of aliphatic hydroxyl groups is 1. The number of anilines is 5. The first-order chi connectivity index (χ1) is 17.6. The second kappa shape index (κ2) is 11.3. The Morgan fingerprint density at radius 3 is 2.49 bits per heavy atom. The maximum atomic E-state index is 11.8. The number of aromatic carboxylic acids is 1. The molecule has 0 aliphatic carbocycles. The fraction of sp³-hybridized carbons (Fsp3) is 0.391. The van der Waals surface area contributed by atoms with E-state index in [0.29, 0.717) is 60.6 Å². The van der Waals surface area contributed by atoms with Gasteiger partial charge in [0.1, 0.15) is 16.5 Å². The van der Waals surface area contributed by atoms with Gasteiger partial charge in [-0.3, -0.25) is 10.0 Å². The lowest BCUT2D eigenvalue weighted by Crippen LogP contribution is -2.36. The molecule has 37 heavy (non-hydrogen) atoms. The molecule has 1 fully saturated rings. The predicted molar refractivity (Wildman–Crippen MR) is 143 cm³/mol. The van der Waals surface area contributed by atoms with E-state index in [1.165, 1.54) is 0 Å². The Morgan fingerprint density at radius 2 is 1.86 bits per heavy atom. The number of sulfonamides is 1. The number of piperidine rings is 1. The first kappa shape index (κ1) is 26.6. The summed E-state index contributed by atoms with van der Waals surface area (Å²) in [7, 11) is -3.34. The lowest BCUT2D eigenvalue weighted by atomic mass is 10.1. The van der Waals surface area contributed by atoms with E-state index in [1.807, 2.05) is 18.2 Å². The zero-order valence-electron chi connectivity index (χ0n) is 20.4. The molecule has 1 aliphatic heterocycles. The molecular weight excluding hydrogens is 518 g/mol. The second-order valence-electron chi connectivity index (χ2n) is 8.57. The van der Waals surface area contributed by atoms with Crippen LogP contribution in [0.15, 0.2) is 30.3 Å². The predicted octanol–water partition coefficient (Wildman–Crippen LogP) is 3.02. The fourth-order valence-electron chi connectivity index (χ4n) is 3.72. The summed E-state index contributed by atoms with van der Waals surface area (Å²) in [4.78, 5) is 27.0. The van der Waals surface area contributed by atoms with Crippen LogP contribution in [0.5, 0.6) is 0 Å². The average Bonchev–Trinajstić information content (AvgIpc) is 3.24. The van der Waals surface area contributed by atoms with E-state index in [2.05, 4.69) is 35.2 Å². The molecular formula is C23H29N7O5S2. The zero-order valence-corrected chi connectivity index (χ0v) is 22.1. The van der Waals surface area contributed by atoms with Crippen molar-refractivity contribution in [2.24, 2.45) is 0 Å². The summed E-state index contributed by atoms with van der Waals surface area (Å²) in [6, 6.07) is 8.86. The zero-order chi connectivity index (χ0) is 26.6. The van der Waals surface area contributed by atoms with Gasteiger partial charge in [-0.05, 0) is 44.4 Å². The number of carboxylic acids is 1. The van der Waals surface area contributed by atoms with Crippen LogP contribution in [0.4, 0.5) is 28.4 Å². The number of aromatic nitrogens is 3. The Morgan fingerprint density at radius 1 is 1.16 bits per heavy atom. The molecule has 0 spiro atoms. The van der Waals surface area contributed by atoms with Crippen LogP contribution >= 0.6 is 11.3 Å². The van der Waals surface area contributed by atoms with E-state index in [1.54, 1.807) is 26.0 Å². The molecule has 5 N–H and O–H groups in total. The summed E-state index contributed by atoms with van der Waals surface area (Å²) >= 11 is 1.01. The molecule has 12 nitrogen and oxygen atoms in total. The Hall–Kier alpha value is -3.49. The lowest BCUT2D eigenvalue weighted by molar-refractivity contribution is 0.0701. The molecule has 0 unspecified atom stereocenters. The molecule has 3 heterocycles. The van der Waals surface area contributed by atoms with Crippen molar-refractivity contribution in [2.45, 2.75) is 39.3 Å². The minimum absolute atomic E-state index is 0.00309. The van der Waals surface area contributed by atoms with Crippen molar-refractivity contribution in [3.05, 3.63) is 46.5 Å². The van der Waals surface area contributed by atoms with E-state index < -0.39 is 16.0 Å². The topological polar surface area (TPSA) is 170 Å². The Kier molecular flexibility index (Phi) is 8.10. The van der Waals surface area contributed by atoms with Gasteiger partial charge in [0.15, 0.2) is 5.13 Å². The average molecular weight is 548 g/mol. The van der Waals surface area contributed by atoms with E-state index >= 15 is 0 Å². The number of carbonyl (C=O) groups is 1. The van der Waals surface area contributed by atoms with E-state index in [9.17, 15) is 23.4 Å². The Bertz CT molecular complexity index is 1350. The first-order valence-electron chi connectivity index (χ1n) is 11.7. The van der Waals surface area contributed by atoms with Crippen LogP contribution in [0.1, 0.15) is 40.7 Å². The molecule has 3 aromatic rings. The number of hydrogen-bond donors (Lipinski definition) is 5. The van der Waals surface area contributed by atoms with E-state index in [4.69, 9.17) is 0 Å². The number of rotatable bonds is 10. The number of thiazole rings is 1. The number of nitrogens with zero attached hydrogens (tertiary/aromatic N) is 4. The molecule has 0 saturated carbocycles. The molecule has 14 heteroatoms. The van der Waals surface area contributed by atoms with Gasteiger partial charge in [0.05, 0.1) is 17.6 Å². The largest absolute Gasteiger partial charge is 0.477 e. The van der Waals surface area contributed by atoms with Gasteiger partial charge >= 0.3 is 5.97 Å². The van der Waals surface area contributed by atoms with Crippen molar-refractivity contribution in [1.29, 1.82) is 0 Å². The summed E-state index contributed by atoms with van der Waals surface area (Å²) in [5.41, 5.74) is 1.81. The number of aliphatic hydroxyl groups excluding tert-OH is 1. The second-order valence-corrected chi connectivity index (χ2v) is 11.6.